The SMILES string of the molecule is C#CC=C(c1ccccc1)c1ccc(OC)cc1. The highest BCUT2D eigenvalue weighted by molar-refractivity contribution is 5.81. The summed E-state index contributed by atoms with van der Waals surface area (Å²) in [6.07, 6.45) is 7.20. The highest BCUT2D eigenvalue weighted by Crippen LogP contribution is 2.24. The van der Waals surface area contributed by atoms with E-state index in [1.54, 1.807) is 13.2 Å². The molecule has 0 saturated heterocycles. The van der Waals surface area contributed by atoms with E-state index in [1.807, 2.05) is 54.6 Å². The molecule has 0 saturated carbocycles. The van der Waals surface area contributed by atoms with Gasteiger partial charge < -0.3 is 4.74 Å². The Morgan fingerprint density at radius 3 is 2.17 bits per heavy atom. The van der Waals surface area contributed by atoms with Gasteiger partial charge in [0.05, 0.1) is 7.11 Å². The molecule has 0 bridgehead atoms. The average molecular weight is 234 g/mol. The topological polar surface area (TPSA) is 9.23 Å². The summed E-state index contributed by atoms with van der Waals surface area (Å²) in [5.41, 5.74) is 3.24. The third-order valence-electron chi connectivity index (χ3n) is 2.71. The molecule has 0 amide bonds. The van der Waals surface area contributed by atoms with Crippen LogP contribution in [0.2, 0.25) is 0 Å². The molecule has 0 radical (unpaired) electrons. The van der Waals surface area contributed by atoms with E-state index in [0.29, 0.717) is 0 Å². The monoisotopic (exact) mass is 234 g/mol. The fourth-order valence-corrected chi connectivity index (χ4v) is 1.80. The van der Waals surface area contributed by atoms with Crippen molar-refractivity contribution in [1.29, 1.82) is 0 Å². The van der Waals surface area contributed by atoms with Crippen molar-refractivity contribution in [2.45, 2.75) is 0 Å². The molecule has 88 valence electrons. The Labute approximate surface area is 108 Å². The number of hydrogen-bond donors (Lipinski definition) is 0. The number of rotatable bonds is 3. The van der Waals surface area contributed by atoms with Crippen molar-refractivity contribution in [3.05, 3.63) is 71.8 Å². The Hall–Kier alpha value is -2.46. The lowest BCUT2D eigenvalue weighted by atomic mass is 9.98. The Morgan fingerprint density at radius 1 is 1.00 bits per heavy atom. The first-order chi connectivity index (χ1) is 8.85. The van der Waals surface area contributed by atoms with Crippen LogP contribution in [0, 0.1) is 12.3 Å². The van der Waals surface area contributed by atoms with Gasteiger partial charge in [-0.25, -0.2) is 0 Å². The average Bonchev–Trinajstić information content (AvgIpc) is 2.46. The Bertz CT molecular complexity index is 571. The highest BCUT2D eigenvalue weighted by Gasteiger charge is 2.04. The molecule has 0 spiro atoms. The van der Waals surface area contributed by atoms with Gasteiger partial charge in [-0.15, -0.1) is 6.42 Å². The predicted molar refractivity (Wildman–Crippen MR) is 75.3 cm³/mol. The summed E-state index contributed by atoms with van der Waals surface area (Å²) in [7, 11) is 1.66. The number of hydrogen-bond acceptors (Lipinski definition) is 1. The lowest BCUT2D eigenvalue weighted by Gasteiger charge is -2.08. The molecular formula is C17H14O. The summed E-state index contributed by atoms with van der Waals surface area (Å²) in [4.78, 5) is 0. The molecule has 0 atom stereocenters. The fourth-order valence-electron chi connectivity index (χ4n) is 1.80. The smallest absolute Gasteiger partial charge is 0.118 e. The van der Waals surface area contributed by atoms with E-state index >= 15 is 0 Å². The third kappa shape index (κ3) is 2.61. The van der Waals surface area contributed by atoms with Crippen LogP contribution in [0.5, 0.6) is 5.75 Å². The van der Waals surface area contributed by atoms with Crippen molar-refractivity contribution in [1.82, 2.24) is 0 Å². The van der Waals surface area contributed by atoms with Gasteiger partial charge in [-0.05, 0) is 34.9 Å². The van der Waals surface area contributed by atoms with Gasteiger partial charge in [-0.3, -0.25) is 0 Å². The molecule has 0 N–H and O–H groups in total. The molecule has 0 aliphatic rings. The second-order valence-corrected chi connectivity index (χ2v) is 3.82. The van der Waals surface area contributed by atoms with Gasteiger partial charge in [0.25, 0.3) is 0 Å². The third-order valence-corrected chi connectivity index (χ3v) is 2.71. The lowest BCUT2D eigenvalue weighted by Crippen LogP contribution is -1.88. The summed E-state index contributed by atoms with van der Waals surface area (Å²) in [5.74, 6) is 3.44. The van der Waals surface area contributed by atoms with Crippen LogP contribution in [0.25, 0.3) is 5.57 Å². The van der Waals surface area contributed by atoms with E-state index in [2.05, 4.69) is 5.92 Å². The first-order valence-corrected chi connectivity index (χ1v) is 5.71. The zero-order chi connectivity index (χ0) is 12.8. The first-order valence-electron chi connectivity index (χ1n) is 5.71. The Kier molecular flexibility index (Phi) is 3.83. The van der Waals surface area contributed by atoms with E-state index < -0.39 is 0 Å². The molecule has 1 nitrogen and oxygen atoms in total. The second-order valence-electron chi connectivity index (χ2n) is 3.82. The summed E-state index contributed by atoms with van der Waals surface area (Å²) in [5, 5.41) is 0. The van der Waals surface area contributed by atoms with Gasteiger partial charge in [-0.2, -0.15) is 0 Å². The molecule has 0 aliphatic heterocycles. The fraction of sp³-hybridized carbons (Fsp3) is 0.0588. The molecular weight excluding hydrogens is 220 g/mol. The lowest BCUT2D eigenvalue weighted by molar-refractivity contribution is 0.415. The van der Waals surface area contributed by atoms with Gasteiger partial charge in [0.1, 0.15) is 5.75 Å². The van der Waals surface area contributed by atoms with E-state index in [-0.39, 0.29) is 0 Å². The summed E-state index contributed by atoms with van der Waals surface area (Å²) < 4.78 is 5.15. The van der Waals surface area contributed by atoms with Gasteiger partial charge in [0.2, 0.25) is 0 Å². The van der Waals surface area contributed by atoms with E-state index in [4.69, 9.17) is 11.2 Å². The number of methoxy groups -OCH3 is 1. The van der Waals surface area contributed by atoms with Crippen molar-refractivity contribution < 1.29 is 4.74 Å². The van der Waals surface area contributed by atoms with Gasteiger partial charge in [0.15, 0.2) is 0 Å². The summed E-state index contributed by atoms with van der Waals surface area (Å²) >= 11 is 0. The number of benzene rings is 2. The normalized spacial score (nSPS) is 10.8. The van der Waals surface area contributed by atoms with Gasteiger partial charge in [-0.1, -0.05) is 48.4 Å². The van der Waals surface area contributed by atoms with Crippen molar-refractivity contribution in [2.75, 3.05) is 7.11 Å². The van der Waals surface area contributed by atoms with E-state index in [9.17, 15) is 0 Å². The molecule has 1 heteroatoms. The molecule has 2 rings (SSSR count). The second kappa shape index (κ2) is 5.75. The molecule has 18 heavy (non-hydrogen) atoms. The van der Waals surface area contributed by atoms with Crippen molar-refractivity contribution in [3.63, 3.8) is 0 Å². The summed E-state index contributed by atoms with van der Waals surface area (Å²) in [6.45, 7) is 0. The predicted octanol–water partition coefficient (Wildman–Crippen LogP) is 3.76. The molecule has 0 aromatic heterocycles. The maximum atomic E-state index is 5.41. The van der Waals surface area contributed by atoms with Crippen molar-refractivity contribution >= 4 is 5.57 Å². The van der Waals surface area contributed by atoms with Crippen LogP contribution in [0.1, 0.15) is 11.1 Å². The molecule has 0 fully saturated rings. The maximum Gasteiger partial charge on any atom is 0.118 e. The zero-order valence-corrected chi connectivity index (χ0v) is 10.3. The van der Waals surface area contributed by atoms with Crippen molar-refractivity contribution in [2.24, 2.45) is 0 Å². The molecule has 0 unspecified atom stereocenters. The van der Waals surface area contributed by atoms with Crippen LogP contribution in [-0.2, 0) is 0 Å². The van der Waals surface area contributed by atoms with E-state index in [1.165, 1.54) is 0 Å². The number of terminal acetylenes is 1. The summed E-state index contributed by atoms with van der Waals surface area (Å²) in [6, 6.07) is 18.0. The first kappa shape index (κ1) is 12.0. The van der Waals surface area contributed by atoms with E-state index in [0.717, 1.165) is 22.4 Å². The Morgan fingerprint density at radius 2 is 1.61 bits per heavy atom. The van der Waals surface area contributed by atoms with Crippen LogP contribution in [0.15, 0.2) is 60.7 Å². The van der Waals surface area contributed by atoms with Crippen LogP contribution in [0.4, 0.5) is 0 Å². The minimum Gasteiger partial charge on any atom is -0.497 e. The highest BCUT2D eigenvalue weighted by atomic mass is 16.5. The Balaban J connectivity index is 2.43. The van der Waals surface area contributed by atoms with Crippen LogP contribution in [0.3, 0.4) is 0 Å². The largest absolute Gasteiger partial charge is 0.497 e. The molecule has 2 aromatic carbocycles. The van der Waals surface area contributed by atoms with Gasteiger partial charge in [0, 0.05) is 0 Å². The van der Waals surface area contributed by atoms with Crippen LogP contribution >= 0.6 is 0 Å². The molecule has 2 aromatic rings. The zero-order valence-electron chi connectivity index (χ0n) is 10.3. The number of allylic oxidation sites excluding steroid dienone is 1. The minimum absolute atomic E-state index is 0.840. The standard InChI is InChI=1S/C17H14O/c1-3-7-17(14-8-5-4-6-9-14)15-10-12-16(18-2)13-11-15/h1,4-13H,2H3. The maximum absolute atomic E-state index is 5.41. The minimum atomic E-state index is 0.840. The quantitative estimate of drug-likeness (QED) is 0.735. The molecule has 0 aliphatic carbocycles. The van der Waals surface area contributed by atoms with Crippen LogP contribution < -0.4 is 4.74 Å². The molecule has 0 heterocycles. The van der Waals surface area contributed by atoms with Crippen LogP contribution in [-0.4, -0.2) is 7.11 Å². The van der Waals surface area contributed by atoms with Gasteiger partial charge >= 0.3 is 0 Å². The van der Waals surface area contributed by atoms with Crippen molar-refractivity contribution in [3.8, 4) is 18.1 Å². The number of ether oxygens (including phenoxy) is 1.